The molecule has 0 radical (unpaired) electrons. The van der Waals surface area contributed by atoms with Crippen molar-refractivity contribution in [1.29, 1.82) is 0 Å². The topological polar surface area (TPSA) is 42.8 Å². The smallest absolute Gasteiger partial charge is 0.279 e. The van der Waals surface area contributed by atoms with Gasteiger partial charge in [-0.05, 0) is 30.3 Å². The molecule has 0 spiro atoms. The van der Waals surface area contributed by atoms with Gasteiger partial charge in [0.2, 0.25) is 0 Å². The predicted molar refractivity (Wildman–Crippen MR) is 93.5 cm³/mol. The zero-order valence-corrected chi connectivity index (χ0v) is 14.5. The Labute approximate surface area is 146 Å². The maximum atomic E-state index is 12.1. The van der Waals surface area contributed by atoms with E-state index in [9.17, 15) is 4.79 Å². The quantitative estimate of drug-likeness (QED) is 0.838. The predicted octanol–water partition coefficient (Wildman–Crippen LogP) is 2.66. The fourth-order valence-corrected chi connectivity index (χ4v) is 2.68. The van der Waals surface area contributed by atoms with Crippen LogP contribution in [0.4, 0.5) is 5.69 Å². The summed E-state index contributed by atoms with van der Waals surface area (Å²) in [5.41, 5.74) is 1.58. The maximum Gasteiger partial charge on any atom is 0.279 e. The van der Waals surface area contributed by atoms with E-state index < -0.39 is 0 Å². The summed E-state index contributed by atoms with van der Waals surface area (Å²) < 4.78 is 5.33. The largest absolute Gasteiger partial charge is 0.496 e. The molecule has 4 nitrogen and oxygen atoms in total. The lowest BCUT2D eigenvalue weighted by Gasteiger charge is -2.16. The van der Waals surface area contributed by atoms with Crippen LogP contribution in [0.15, 0.2) is 42.5 Å². The molecule has 0 heterocycles. The van der Waals surface area contributed by atoms with Crippen molar-refractivity contribution in [2.45, 2.75) is 6.54 Å². The summed E-state index contributed by atoms with van der Waals surface area (Å²) in [6.07, 6.45) is 0. The number of hydrogen-bond donors (Lipinski definition) is 2. The van der Waals surface area contributed by atoms with Gasteiger partial charge in [0, 0.05) is 10.6 Å². The Morgan fingerprint density at radius 1 is 1.22 bits per heavy atom. The third-order valence-corrected chi connectivity index (χ3v) is 3.91. The molecule has 2 N–H and O–H groups in total. The highest BCUT2D eigenvalue weighted by atomic mass is 35.5. The third kappa shape index (κ3) is 5.13. The first-order chi connectivity index (χ1) is 11.0. The van der Waals surface area contributed by atoms with Crippen molar-refractivity contribution in [3.05, 3.63) is 58.1 Å². The number of ether oxygens (including phenoxy) is 1. The normalized spacial score (nSPS) is 11.8. The van der Waals surface area contributed by atoms with E-state index in [4.69, 9.17) is 27.9 Å². The molecular weight excluding hydrogens is 335 g/mol. The lowest BCUT2D eigenvalue weighted by molar-refractivity contribution is -0.885. The number of quaternary nitrogens is 1. The molecule has 2 aromatic rings. The number of amides is 1. The van der Waals surface area contributed by atoms with E-state index in [1.807, 2.05) is 31.3 Å². The van der Waals surface area contributed by atoms with E-state index in [1.54, 1.807) is 25.3 Å². The molecule has 0 bridgehead atoms. The Hall–Kier alpha value is -1.75. The molecule has 0 saturated carbocycles. The van der Waals surface area contributed by atoms with Gasteiger partial charge in [0.15, 0.2) is 6.54 Å². The number of hydrogen-bond acceptors (Lipinski definition) is 2. The number of likely N-dealkylation sites (N-methyl/N-ethyl adjacent to an activating group) is 1. The third-order valence-electron chi connectivity index (χ3n) is 3.34. The van der Waals surface area contributed by atoms with Crippen LogP contribution in [0.1, 0.15) is 5.56 Å². The van der Waals surface area contributed by atoms with Crippen LogP contribution in [-0.4, -0.2) is 26.6 Å². The van der Waals surface area contributed by atoms with E-state index in [0.29, 0.717) is 28.8 Å². The lowest BCUT2D eigenvalue weighted by Crippen LogP contribution is -3.08. The van der Waals surface area contributed by atoms with Crippen molar-refractivity contribution in [2.24, 2.45) is 0 Å². The number of benzene rings is 2. The van der Waals surface area contributed by atoms with Crippen LogP contribution in [0.25, 0.3) is 0 Å². The molecule has 1 amide bonds. The summed E-state index contributed by atoms with van der Waals surface area (Å²) in [7, 11) is 3.55. The fraction of sp³-hybridized carbons (Fsp3) is 0.235. The van der Waals surface area contributed by atoms with Crippen LogP contribution in [0.2, 0.25) is 10.0 Å². The molecule has 2 rings (SSSR count). The second-order valence-electron chi connectivity index (χ2n) is 5.29. The minimum Gasteiger partial charge on any atom is -0.496 e. The monoisotopic (exact) mass is 353 g/mol. The van der Waals surface area contributed by atoms with E-state index >= 15 is 0 Å². The summed E-state index contributed by atoms with van der Waals surface area (Å²) in [6.45, 7) is 0.931. The lowest BCUT2D eigenvalue weighted by atomic mass is 10.2. The Bertz CT molecular complexity index is 692. The molecule has 0 saturated heterocycles. The van der Waals surface area contributed by atoms with Gasteiger partial charge in [-0.1, -0.05) is 35.3 Å². The molecule has 0 fully saturated rings. The second-order valence-corrected chi connectivity index (χ2v) is 6.14. The van der Waals surface area contributed by atoms with Crippen LogP contribution in [0, 0.1) is 0 Å². The molecule has 1 atom stereocenters. The minimum atomic E-state index is -0.100. The first kappa shape index (κ1) is 17.6. The van der Waals surface area contributed by atoms with Crippen molar-refractivity contribution in [3.63, 3.8) is 0 Å². The van der Waals surface area contributed by atoms with E-state index in [0.717, 1.165) is 16.2 Å². The average Bonchev–Trinajstić information content (AvgIpc) is 2.49. The van der Waals surface area contributed by atoms with E-state index in [-0.39, 0.29) is 5.91 Å². The van der Waals surface area contributed by atoms with E-state index in [1.165, 1.54) is 0 Å². The molecule has 0 aliphatic heterocycles. The molecular formula is C17H19Cl2N2O2+. The number of nitrogens with one attached hydrogen (secondary N) is 2. The number of para-hydroxylation sites is 1. The highest BCUT2D eigenvalue weighted by Gasteiger charge is 2.14. The fourth-order valence-electron chi connectivity index (χ4n) is 2.30. The first-order valence-electron chi connectivity index (χ1n) is 7.17. The number of anilines is 1. The average molecular weight is 354 g/mol. The van der Waals surface area contributed by atoms with Crippen molar-refractivity contribution >= 4 is 34.8 Å². The first-order valence-corrected chi connectivity index (χ1v) is 7.93. The number of halogens is 2. The molecule has 0 aliphatic carbocycles. The van der Waals surface area contributed by atoms with Crippen molar-refractivity contribution in [2.75, 3.05) is 26.0 Å². The summed E-state index contributed by atoms with van der Waals surface area (Å²) >= 11 is 12.1. The van der Waals surface area contributed by atoms with Gasteiger partial charge in [-0.25, -0.2) is 0 Å². The summed E-state index contributed by atoms with van der Waals surface area (Å²) in [5, 5.41) is 3.99. The molecule has 0 aliphatic rings. The van der Waals surface area contributed by atoms with Gasteiger partial charge in [0.25, 0.3) is 5.91 Å². The molecule has 122 valence electrons. The van der Waals surface area contributed by atoms with Crippen LogP contribution >= 0.6 is 23.2 Å². The van der Waals surface area contributed by atoms with Crippen molar-refractivity contribution in [3.8, 4) is 5.75 Å². The summed E-state index contributed by atoms with van der Waals surface area (Å²) in [4.78, 5) is 13.1. The summed E-state index contributed by atoms with van der Waals surface area (Å²) in [5.74, 6) is 0.664. The Balaban J connectivity index is 1.97. The second kappa shape index (κ2) is 8.20. The van der Waals surface area contributed by atoms with Gasteiger partial charge in [-0.3, -0.25) is 4.79 Å². The molecule has 1 unspecified atom stereocenters. The van der Waals surface area contributed by atoms with E-state index in [2.05, 4.69) is 5.32 Å². The Kier molecular flexibility index (Phi) is 6.28. The van der Waals surface area contributed by atoms with Gasteiger partial charge in [-0.15, -0.1) is 0 Å². The molecule has 2 aromatic carbocycles. The molecule has 6 heteroatoms. The molecule has 0 aromatic heterocycles. The zero-order chi connectivity index (χ0) is 16.8. The zero-order valence-electron chi connectivity index (χ0n) is 13.0. The summed E-state index contributed by atoms with van der Waals surface area (Å²) in [6, 6.07) is 12.6. The van der Waals surface area contributed by atoms with Crippen LogP contribution in [-0.2, 0) is 11.3 Å². The number of rotatable bonds is 6. The highest BCUT2D eigenvalue weighted by molar-refractivity contribution is 6.33. The van der Waals surface area contributed by atoms with Crippen LogP contribution in [0.3, 0.4) is 0 Å². The highest BCUT2D eigenvalue weighted by Crippen LogP contribution is 2.22. The van der Waals surface area contributed by atoms with Crippen LogP contribution < -0.4 is 15.0 Å². The SMILES string of the molecule is COc1ccc(Cl)cc1C[NH+](C)CC(=O)Nc1ccccc1Cl. The van der Waals surface area contributed by atoms with Gasteiger partial charge >= 0.3 is 0 Å². The van der Waals surface area contributed by atoms with Gasteiger partial charge in [0.1, 0.15) is 12.3 Å². The number of carbonyl (C=O) groups excluding carboxylic acids is 1. The van der Waals surface area contributed by atoms with Gasteiger partial charge < -0.3 is 15.0 Å². The van der Waals surface area contributed by atoms with Gasteiger partial charge in [-0.2, -0.15) is 0 Å². The standard InChI is InChI=1S/C17H18Cl2N2O2/c1-21(10-12-9-13(18)7-8-16(12)23-2)11-17(22)20-15-6-4-3-5-14(15)19/h3-9H,10-11H2,1-2H3,(H,20,22)/p+1. The Morgan fingerprint density at radius 3 is 2.65 bits per heavy atom. The maximum absolute atomic E-state index is 12.1. The number of carbonyl (C=O) groups is 1. The Morgan fingerprint density at radius 2 is 1.96 bits per heavy atom. The van der Waals surface area contributed by atoms with Crippen molar-refractivity contribution < 1.29 is 14.4 Å². The minimum absolute atomic E-state index is 0.100. The van der Waals surface area contributed by atoms with Gasteiger partial charge in [0.05, 0.1) is 24.9 Å². The number of methoxy groups -OCH3 is 1. The van der Waals surface area contributed by atoms with Crippen molar-refractivity contribution in [1.82, 2.24) is 0 Å². The molecule has 23 heavy (non-hydrogen) atoms. The van der Waals surface area contributed by atoms with Crippen LogP contribution in [0.5, 0.6) is 5.75 Å².